The van der Waals surface area contributed by atoms with E-state index in [1.165, 1.54) is 0 Å². The van der Waals surface area contributed by atoms with Gasteiger partial charge in [-0.25, -0.2) is 0 Å². The Hall–Kier alpha value is -2.37. The number of aliphatic hydroxyl groups is 1. The number of rotatable bonds is 5. The zero-order chi connectivity index (χ0) is 17.9. The smallest absolute Gasteiger partial charge is 0.255 e. The van der Waals surface area contributed by atoms with E-state index < -0.39 is 0 Å². The van der Waals surface area contributed by atoms with Crippen molar-refractivity contribution in [1.29, 1.82) is 0 Å². The van der Waals surface area contributed by atoms with Gasteiger partial charge in [0.25, 0.3) is 5.91 Å². The molecule has 2 N–H and O–H groups in total. The van der Waals surface area contributed by atoms with Crippen molar-refractivity contribution in [2.24, 2.45) is 0 Å². The number of nitrogens with one attached hydrogen (secondary N) is 1. The Morgan fingerprint density at radius 2 is 1.96 bits per heavy atom. The maximum absolute atomic E-state index is 12.4. The number of hydrogen-bond acceptors (Lipinski definition) is 4. The molecule has 0 aromatic heterocycles. The van der Waals surface area contributed by atoms with Crippen molar-refractivity contribution in [3.05, 3.63) is 59.2 Å². The Labute approximate surface area is 152 Å². The molecule has 2 aliphatic rings. The predicted octanol–water partition coefficient (Wildman–Crippen LogP) is 2.96. The van der Waals surface area contributed by atoms with Gasteiger partial charge in [0.15, 0.2) is 0 Å². The van der Waals surface area contributed by atoms with Crippen molar-refractivity contribution >= 4 is 11.6 Å². The first-order valence-corrected chi connectivity index (χ1v) is 9.13. The van der Waals surface area contributed by atoms with Gasteiger partial charge in [-0.2, -0.15) is 0 Å². The third kappa shape index (κ3) is 3.89. The van der Waals surface area contributed by atoms with Crippen molar-refractivity contribution in [2.45, 2.75) is 37.9 Å². The fourth-order valence-electron chi connectivity index (χ4n) is 3.54. The van der Waals surface area contributed by atoms with Crippen LogP contribution in [0, 0.1) is 0 Å². The molecule has 26 heavy (non-hydrogen) atoms. The number of ether oxygens (including phenoxy) is 2. The average molecular weight is 353 g/mol. The third-order valence-electron chi connectivity index (χ3n) is 4.95. The van der Waals surface area contributed by atoms with Crippen LogP contribution in [0.5, 0.6) is 5.75 Å². The highest BCUT2D eigenvalue weighted by atomic mass is 16.5. The summed E-state index contributed by atoms with van der Waals surface area (Å²) in [4.78, 5) is 12.4. The van der Waals surface area contributed by atoms with Crippen LogP contribution in [-0.4, -0.2) is 36.4 Å². The zero-order valence-electron chi connectivity index (χ0n) is 14.6. The predicted molar refractivity (Wildman–Crippen MR) is 98.7 cm³/mol. The molecule has 2 aromatic rings. The van der Waals surface area contributed by atoms with Crippen molar-refractivity contribution < 1.29 is 19.4 Å². The van der Waals surface area contributed by atoms with Crippen LogP contribution in [-0.2, 0) is 17.6 Å². The van der Waals surface area contributed by atoms with Gasteiger partial charge in [-0.1, -0.05) is 6.07 Å². The number of fused-ring (bicyclic) bond motifs is 1. The lowest BCUT2D eigenvalue weighted by atomic mass is 10.1. The minimum Gasteiger partial charge on any atom is -0.491 e. The van der Waals surface area contributed by atoms with E-state index in [2.05, 4.69) is 5.32 Å². The number of aliphatic hydroxyl groups excluding tert-OH is 1. The van der Waals surface area contributed by atoms with Gasteiger partial charge in [0, 0.05) is 17.9 Å². The van der Waals surface area contributed by atoms with E-state index in [1.54, 1.807) is 12.1 Å². The largest absolute Gasteiger partial charge is 0.491 e. The summed E-state index contributed by atoms with van der Waals surface area (Å²) in [5, 5.41) is 12.7. The Morgan fingerprint density at radius 3 is 2.73 bits per heavy atom. The van der Waals surface area contributed by atoms with Crippen LogP contribution in [0.3, 0.4) is 0 Å². The van der Waals surface area contributed by atoms with E-state index >= 15 is 0 Å². The van der Waals surface area contributed by atoms with Crippen LogP contribution in [0.1, 0.15) is 34.3 Å². The molecule has 2 aromatic carbocycles. The van der Waals surface area contributed by atoms with Crippen LogP contribution in [0.25, 0.3) is 0 Å². The van der Waals surface area contributed by atoms with Crippen molar-refractivity contribution in [3.63, 3.8) is 0 Å². The topological polar surface area (TPSA) is 67.8 Å². The molecule has 2 atom stereocenters. The van der Waals surface area contributed by atoms with Gasteiger partial charge in [0.2, 0.25) is 0 Å². The summed E-state index contributed by atoms with van der Waals surface area (Å²) in [6.45, 7) is 1.36. The van der Waals surface area contributed by atoms with E-state index in [9.17, 15) is 9.90 Å². The molecular weight excluding hydrogens is 330 g/mol. The Kier molecular flexibility index (Phi) is 4.91. The molecule has 1 saturated heterocycles. The maximum atomic E-state index is 12.4. The lowest BCUT2D eigenvalue weighted by Gasteiger charge is -2.12. The summed E-state index contributed by atoms with van der Waals surface area (Å²) in [6.07, 6.45) is 3.34. The summed E-state index contributed by atoms with van der Waals surface area (Å²) >= 11 is 0. The number of carbonyl (C=O) groups is 1. The first-order chi connectivity index (χ1) is 12.7. The van der Waals surface area contributed by atoms with Crippen molar-refractivity contribution in [2.75, 3.05) is 18.5 Å². The average Bonchev–Trinajstić information content (AvgIpc) is 3.28. The quantitative estimate of drug-likeness (QED) is 0.867. The molecule has 5 heteroatoms. The summed E-state index contributed by atoms with van der Waals surface area (Å²) in [5.41, 5.74) is 3.59. The summed E-state index contributed by atoms with van der Waals surface area (Å²) in [5.74, 6) is 0.581. The van der Waals surface area contributed by atoms with Gasteiger partial charge < -0.3 is 19.9 Å². The van der Waals surface area contributed by atoms with E-state index in [1.807, 2.05) is 30.3 Å². The molecular formula is C21H23NO4. The third-order valence-corrected chi connectivity index (χ3v) is 4.95. The molecule has 0 saturated carbocycles. The Morgan fingerprint density at radius 1 is 1.15 bits per heavy atom. The SMILES string of the molecule is O=C(Nc1ccc2c(c1)C[C@H](O)C2)c1ccc(OC[C@H]2CCCO2)cc1. The molecule has 136 valence electrons. The molecule has 1 aliphatic carbocycles. The summed E-state index contributed by atoms with van der Waals surface area (Å²) in [7, 11) is 0. The van der Waals surface area contributed by atoms with Crippen molar-refractivity contribution in [1.82, 2.24) is 0 Å². The minimum atomic E-state index is -0.307. The maximum Gasteiger partial charge on any atom is 0.255 e. The number of amides is 1. The second-order valence-corrected chi connectivity index (χ2v) is 6.97. The fourth-order valence-corrected chi connectivity index (χ4v) is 3.54. The molecule has 1 fully saturated rings. The van der Waals surface area contributed by atoms with Crippen LogP contribution >= 0.6 is 0 Å². The van der Waals surface area contributed by atoms with Crippen LogP contribution in [0.2, 0.25) is 0 Å². The van der Waals surface area contributed by atoms with E-state index in [-0.39, 0.29) is 18.1 Å². The highest BCUT2D eigenvalue weighted by molar-refractivity contribution is 6.04. The molecule has 1 amide bonds. The lowest BCUT2D eigenvalue weighted by molar-refractivity contribution is 0.0679. The molecule has 1 heterocycles. The fraction of sp³-hybridized carbons (Fsp3) is 0.381. The molecule has 0 unspecified atom stereocenters. The summed E-state index contributed by atoms with van der Waals surface area (Å²) < 4.78 is 11.3. The first kappa shape index (κ1) is 17.1. The van der Waals surface area contributed by atoms with Crippen LogP contribution in [0.4, 0.5) is 5.69 Å². The lowest BCUT2D eigenvalue weighted by Crippen LogP contribution is -2.16. The molecule has 5 nitrogen and oxygen atoms in total. The number of hydrogen-bond donors (Lipinski definition) is 2. The van der Waals surface area contributed by atoms with Gasteiger partial charge in [-0.3, -0.25) is 4.79 Å². The highest BCUT2D eigenvalue weighted by Crippen LogP contribution is 2.25. The Bertz CT molecular complexity index is 781. The zero-order valence-corrected chi connectivity index (χ0v) is 14.6. The van der Waals surface area contributed by atoms with E-state index in [4.69, 9.17) is 9.47 Å². The second-order valence-electron chi connectivity index (χ2n) is 6.97. The van der Waals surface area contributed by atoms with Crippen LogP contribution in [0.15, 0.2) is 42.5 Å². The minimum absolute atomic E-state index is 0.158. The van der Waals surface area contributed by atoms with Gasteiger partial charge in [0.05, 0.1) is 12.2 Å². The molecule has 0 bridgehead atoms. The number of carbonyl (C=O) groups excluding carboxylic acids is 1. The van der Waals surface area contributed by atoms with Gasteiger partial charge in [-0.05, 0) is 73.2 Å². The molecule has 4 rings (SSSR count). The molecule has 1 aliphatic heterocycles. The van der Waals surface area contributed by atoms with Crippen LogP contribution < -0.4 is 10.1 Å². The van der Waals surface area contributed by atoms with E-state index in [0.717, 1.165) is 42.0 Å². The molecule has 0 spiro atoms. The van der Waals surface area contributed by atoms with E-state index in [0.29, 0.717) is 25.0 Å². The molecule has 0 radical (unpaired) electrons. The van der Waals surface area contributed by atoms with Gasteiger partial charge >= 0.3 is 0 Å². The first-order valence-electron chi connectivity index (χ1n) is 9.13. The number of anilines is 1. The van der Waals surface area contributed by atoms with Gasteiger partial charge in [0.1, 0.15) is 12.4 Å². The summed E-state index contributed by atoms with van der Waals surface area (Å²) in [6, 6.07) is 12.9. The van der Waals surface area contributed by atoms with Crippen molar-refractivity contribution in [3.8, 4) is 5.75 Å². The highest BCUT2D eigenvalue weighted by Gasteiger charge is 2.20. The second kappa shape index (κ2) is 7.48. The monoisotopic (exact) mass is 353 g/mol. The normalized spacial score (nSPS) is 21.4. The Balaban J connectivity index is 1.35. The number of benzene rings is 2. The standard InChI is InChI=1S/C21H23NO4/c23-18-11-15-3-6-17(10-16(15)12-18)22-21(24)14-4-7-19(8-5-14)26-13-20-2-1-9-25-20/h3-8,10,18,20,23H,1-2,9,11-13H2,(H,22,24)/t18-,20-/m1/s1. The van der Waals surface area contributed by atoms with Gasteiger partial charge in [-0.15, -0.1) is 0 Å².